The Hall–Kier alpha value is -0.420. The maximum absolute atomic E-state index is 5.65. The summed E-state index contributed by atoms with van der Waals surface area (Å²) in [6, 6.07) is 5.13. The fourth-order valence-electron chi connectivity index (χ4n) is 2.46. The zero-order chi connectivity index (χ0) is 13.0. The second kappa shape index (κ2) is 6.66. The normalized spacial score (nSPS) is 20.2. The van der Waals surface area contributed by atoms with Gasteiger partial charge >= 0.3 is 0 Å². The Morgan fingerprint density at radius 2 is 1.89 bits per heavy atom. The minimum atomic E-state index is 0.673. The Balaban J connectivity index is 1.79. The first kappa shape index (κ1) is 14.0. The summed E-state index contributed by atoms with van der Waals surface area (Å²) in [5, 5.41) is 0. The Bertz CT molecular complexity index is 356. The summed E-state index contributed by atoms with van der Waals surface area (Å²) >= 11 is 1.86. The first-order chi connectivity index (χ1) is 8.72. The van der Waals surface area contributed by atoms with Crippen LogP contribution in [0.15, 0.2) is 12.1 Å². The Kier molecular flexibility index (Phi) is 5.18. The lowest BCUT2D eigenvalue weighted by Gasteiger charge is -2.37. The van der Waals surface area contributed by atoms with Crippen LogP contribution in [0.25, 0.3) is 0 Å². The van der Waals surface area contributed by atoms with Crippen LogP contribution < -0.4 is 5.73 Å². The topological polar surface area (TPSA) is 32.5 Å². The molecule has 1 aromatic heterocycles. The summed E-state index contributed by atoms with van der Waals surface area (Å²) < 4.78 is 0. The predicted octanol–water partition coefficient (Wildman–Crippen LogP) is 2.12. The largest absolute Gasteiger partial charge is 0.326 e. The van der Waals surface area contributed by atoms with Crippen molar-refractivity contribution in [1.29, 1.82) is 0 Å². The van der Waals surface area contributed by atoms with Crippen LogP contribution in [0.1, 0.15) is 30.0 Å². The van der Waals surface area contributed by atoms with E-state index in [0.717, 1.165) is 12.6 Å². The molecule has 0 bridgehead atoms. The van der Waals surface area contributed by atoms with E-state index < -0.39 is 0 Å². The van der Waals surface area contributed by atoms with Gasteiger partial charge in [0.2, 0.25) is 0 Å². The van der Waals surface area contributed by atoms with Crippen LogP contribution in [0.3, 0.4) is 0 Å². The van der Waals surface area contributed by atoms with Crippen molar-refractivity contribution in [1.82, 2.24) is 9.80 Å². The number of nitrogens with two attached hydrogens (primary N) is 1. The first-order valence-electron chi connectivity index (χ1n) is 6.97. The van der Waals surface area contributed by atoms with Crippen molar-refractivity contribution in [2.75, 3.05) is 26.2 Å². The maximum atomic E-state index is 5.65. The van der Waals surface area contributed by atoms with E-state index in [1.165, 1.54) is 42.4 Å². The molecule has 1 unspecified atom stereocenters. The molecule has 1 saturated heterocycles. The van der Waals surface area contributed by atoms with Crippen molar-refractivity contribution in [2.24, 2.45) is 5.73 Å². The molecule has 0 saturated carbocycles. The van der Waals surface area contributed by atoms with Gasteiger partial charge in [-0.2, -0.15) is 0 Å². The zero-order valence-electron chi connectivity index (χ0n) is 11.6. The minimum Gasteiger partial charge on any atom is -0.326 e. The van der Waals surface area contributed by atoms with E-state index in [9.17, 15) is 0 Å². The molecule has 3 nitrogen and oxygen atoms in total. The molecule has 2 rings (SSSR count). The number of piperazine rings is 1. The molecule has 102 valence electrons. The van der Waals surface area contributed by atoms with Crippen molar-refractivity contribution in [2.45, 2.75) is 39.4 Å². The van der Waals surface area contributed by atoms with Crippen LogP contribution >= 0.6 is 11.3 Å². The van der Waals surface area contributed by atoms with Gasteiger partial charge in [-0.3, -0.25) is 9.80 Å². The molecule has 1 aliphatic rings. The molecule has 0 spiro atoms. The zero-order valence-corrected chi connectivity index (χ0v) is 12.4. The van der Waals surface area contributed by atoms with Crippen LogP contribution in [0.2, 0.25) is 0 Å². The summed E-state index contributed by atoms with van der Waals surface area (Å²) in [6.07, 6.45) is 1.25. The average molecular weight is 267 g/mol. The summed E-state index contributed by atoms with van der Waals surface area (Å²) in [6.45, 7) is 11.2. The number of thiophene rings is 1. The van der Waals surface area contributed by atoms with E-state index in [2.05, 4.69) is 35.8 Å². The molecule has 0 aromatic carbocycles. The van der Waals surface area contributed by atoms with Gasteiger partial charge in [0.05, 0.1) is 0 Å². The highest BCUT2D eigenvalue weighted by molar-refractivity contribution is 7.11. The SMILES string of the molecule is CCC(C)N1CCN(Cc2ccc(CN)s2)CC1. The number of hydrogen-bond donors (Lipinski definition) is 1. The van der Waals surface area contributed by atoms with Crippen LogP contribution in [-0.4, -0.2) is 42.0 Å². The molecule has 18 heavy (non-hydrogen) atoms. The third-order valence-corrected chi connectivity index (χ3v) is 5.01. The maximum Gasteiger partial charge on any atom is 0.0329 e. The van der Waals surface area contributed by atoms with Crippen molar-refractivity contribution < 1.29 is 0 Å². The van der Waals surface area contributed by atoms with Gasteiger partial charge in [0.25, 0.3) is 0 Å². The molecule has 1 fully saturated rings. The standard InChI is InChI=1S/C14H25N3S/c1-3-12(2)17-8-6-16(7-9-17)11-14-5-4-13(10-15)18-14/h4-5,12H,3,6-11,15H2,1-2H3. The Morgan fingerprint density at radius 1 is 1.22 bits per heavy atom. The Labute approximate surface area is 115 Å². The molecule has 0 radical (unpaired) electrons. The third-order valence-electron chi connectivity index (χ3n) is 3.92. The number of rotatable bonds is 5. The van der Waals surface area contributed by atoms with E-state index in [4.69, 9.17) is 5.73 Å². The van der Waals surface area contributed by atoms with Gasteiger partial charge in [0.15, 0.2) is 0 Å². The average Bonchev–Trinajstić information content (AvgIpc) is 2.86. The van der Waals surface area contributed by atoms with Gasteiger partial charge < -0.3 is 5.73 Å². The highest BCUT2D eigenvalue weighted by atomic mass is 32.1. The number of hydrogen-bond acceptors (Lipinski definition) is 4. The van der Waals surface area contributed by atoms with E-state index in [0.29, 0.717) is 6.54 Å². The minimum absolute atomic E-state index is 0.673. The lowest BCUT2D eigenvalue weighted by atomic mass is 10.2. The summed E-state index contributed by atoms with van der Waals surface area (Å²) in [7, 11) is 0. The monoisotopic (exact) mass is 267 g/mol. The molecule has 1 aliphatic heterocycles. The van der Waals surface area contributed by atoms with Crippen LogP contribution in [0.5, 0.6) is 0 Å². The predicted molar refractivity (Wildman–Crippen MR) is 78.8 cm³/mol. The van der Waals surface area contributed by atoms with Gasteiger partial charge in [-0.25, -0.2) is 0 Å². The van der Waals surface area contributed by atoms with Crippen LogP contribution in [-0.2, 0) is 13.1 Å². The molecule has 2 N–H and O–H groups in total. The molecular weight excluding hydrogens is 242 g/mol. The first-order valence-corrected chi connectivity index (χ1v) is 7.78. The molecule has 1 atom stereocenters. The van der Waals surface area contributed by atoms with Gasteiger partial charge in [-0.05, 0) is 25.5 Å². The van der Waals surface area contributed by atoms with Crippen molar-refractivity contribution in [3.63, 3.8) is 0 Å². The second-order valence-electron chi connectivity index (χ2n) is 5.14. The van der Waals surface area contributed by atoms with Crippen molar-refractivity contribution in [3.8, 4) is 0 Å². The second-order valence-corrected chi connectivity index (χ2v) is 6.39. The molecular formula is C14H25N3S. The summed E-state index contributed by atoms with van der Waals surface area (Å²) in [5.41, 5.74) is 5.65. The Morgan fingerprint density at radius 3 is 2.44 bits per heavy atom. The molecule has 1 aromatic rings. The van der Waals surface area contributed by atoms with E-state index in [-0.39, 0.29) is 0 Å². The molecule has 0 aliphatic carbocycles. The van der Waals surface area contributed by atoms with Crippen LogP contribution in [0, 0.1) is 0 Å². The van der Waals surface area contributed by atoms with E-state index in [1.807, 2.05) is 11.3 Å². The van der Waals surface area contributed by atoms with E-state index in [1.54, 1.807) is 0 Å². The molecule has 0 amide bonds. The lowest BCUT2D eigenvalue weighted by molar-refractivity contribution is 0.0970. The highest BCUT2D eigenvalue weighted by Gasteiger charge is 2.20. The summed E-state index contributed by atoms with van der Waals surface area (Å²) in [5.74, 6) is 0. The van der Waals surface area contributed by atoms with Crippen LogP contribution in [0.4, 0.5) is 0 Å². The van der Waals surface area contributed by atoms with Gasteiger partial charge in [0, 0.05) is 55.1 Å². The van der Waals surface area contributed by atoms with Gasteiger partial charge in [0.1, 0.15) is 0 Å². The van der Waals surface area contributed by atoms with Gasteiger partial charge in [-0.1, -0.05) is 6.92 Å². The quantitative estimate of drug-likeness (QED) is 0.887. The molecule has 2 heterocycles. The molecule has 4 heteroatoms. The number of nitrogens with zero attached hydrogens (tertiary/aromatic N) is 2. The fourth-order valence-corrected chi connectivity index (χ4v) is 3.40. The smallest absolute Gasteiger partial charge is 0.0329 e. The van der Waals surface area contributed by atoms with Gasteiger partial charge in [-0.15, -0.1) is 11.3 Å². The van der Waals surface area contributed by atoms with Crippen molar-refractivity contribution >= 4 is 11.3 Å². The third kappa shape index (κ3) is 3.54. The highest BCUT2D eigenvalue weighted by Crippen LogP contribution is 2.19. The lowest BCUT2D eigenvalue weighted by Crippen LogP contribution is -2.48. The fraction of sp³-hybridized carbons (Fsp3) is 0.714. The van der Waals surface area contributed by atoms with Crippen molar-refractivity contribution in [3.05, 3.63) is 21.9 Å². The van der Waals surface area contributed by atoms with E-state index >= 15 is 0 Å². The summed E-state index contributed by atoms with van der Waals surface area (Å²) in [4.78, 5) is 7.91.